The summed E-state index contributed by atoms with van der Waals surface area (Å²) in [4.78, 5) is 12.3. The van der Waals surface area contributed by atoms with Crippen molar-refractivity contribution in [3.63, 3.8) is 0 Å². The summed E-state index contributed by atoms with van der Waals surface area (Å²) in [6, 6.07) is 0. The summed E-state index contributed by atoms with van der Waals surface area (Å²) < 4.78 is 2.03. The van der Waals surface area contributed by atoms with E-state index in [0.29, 0.717) is 29.2 Å². The second kappa shape index (κ2) is 7.94. The maximum Gasteiger partial charge on any atom is 0.283 e. The molecular formula is C15H27BrN4O. The van der Waals surface area contributed by atoms with Crippen molar-refractivity contribution in [1.82, 2.24) is 9.78 Å². The highest BCUT2D eigenvalue weighted by molar-refractivity contribution is 9.10. The van der Waals surface area contributed by atoms with Gasteiger partial charge < -0.3 is 11.1 Å². The number of hydrogen-bond donors (Lipinski definition) is 2. The van der Waals surface area contributed by atoms with E-state index in [2.05, 4.69) is 54.0 Å². The van der Waals surface area contributed by atoms with Crippen molar-refractivity contribution >= 4 is 21.6 Å². The fourth-order valence-corrected chi connectivity index (χ4v) is 2.84. The van der Waals surface area contributed by atoms with Crippen LogP contribution in [-0.2, 0) is 6.54 Å². The van der Waals surface area contributed by atoms with Crippen molar-refractivity contribution in [3.05, 3.63) is 21.0 Å². The van der Waals surface area contributed by atoms with Crippen LogP contribution in [0.3, 0.4) is 0 Å². The molecule has 0 saturated carbocycles. The third-order valence-electron chi connectivity index (χ3n) is 3.45. The maximum atomic E-state index is 12.3. The van der Waals surface area contributed by atoms with Crippen molar-refractivity contribution in [1.29, 1.82) is 0 Å². The van der Waals surface area contributed by atoms with E-state index in [1.807, 2.05) is 0 Å². The first-order chi connectivity index (χ1) is 9.83. The topological polar surface area (TPSA) is 72.9 Å². The van der Waals surface area contributed by atoms with Gasteiger partial charge in [-0.1, -0.05) is 27.2 Å². The summed E-state index contributed by atoms with van der Waals surface area (Å²) in [5, 5.41) is 7.63. The molecule has 0 fully saturated rings. The van der Waals surface area contributed by atoms with Gasteiger partial charge in [-0.2, -0.15) is 5.10 Å². The fourth-order valence-electron chi connectivity index (χ4n) is 2.43. The monoisotopic (exact) mass is 358 g/mol. The minimum absolute atomic E-state index is 0.0997. The lowest BCUT2D eigenvalue weighted by atomic mass is 9.90. The molecule has 1 unspecified atom stereocenters. The van der Waals surface area contributed by atoms with Crippen LogP contribution in [0, 0.1) is 5.92 Å². The predicted octanol–water partition coefficient (Wildman–Crippen LogP) is 2.98. The van der Waals surface area contributed by atoms with Crippen LogP contribution in [0.4, 0.5) is 5.69 Å². The Morgan fingerprint density at radius 2 is 2.19 bits per heavy atom. The number of unbranched alkanes of at least 4 members (excludes halogenated alkanes) is 1. The Morgan fingerprint density at radius 1 is 1.52 bits per heavy atom. The molecule has 0 aliphatic carbocycles. The van der Waals surface area contributed by atoms with E-state index in [-0.39, 0.29) is 11.1 Å². The van der Waals surface area contributed by atoms with Crippen LogP contribution in [0.5, 0.6) is 0 Å². The Hall–Kier alpha value is -0.880. The zero-order valence-electron chi connectivity index (χ0n) is 13.4. The molecule has 120 valence electrons. The number of halogens is 1. The molecule has 1 heterocycles. The molecule has 0 aliphatic rings. The molecule has 1 aromatic heterocycles. The van der Waals surface area contributed by atoms with Crippen molar-refractivity contribution in [2.24, 2.45) is 11.7 Å². The van der Waals surface area contributed by atoms with E-state index in [1.165, 1.54) is 4.68 Å². The van der Waals surface area contributed by atoms with Gasteiger partial charge in [0, 0.05) is 18.6 Å². The molecule has 21 heavy (non-hydrogen) atoms. The van der Waals surface area contributed by atoms with Crippen LogP contribution in [0.1, 0.15) is 47.0 Å². The van der Waals surface area contributed by atoms with Crippen LogP contribution >= 0.6 is 15.9 Å². The van der Waals surface area contributed by atoms with Gasteiger partial charge in [0.05, 0.1) is 11.9 Å². The first-order valence-corrected chi connectivity index (χ1v) is 8.36. The smallest absolute Gasteiger partial charge is 0.283 e. The van der Waals surface area contributed by atoms with Gasteiger partial charge in [-0.15, -0.1) is 0 Å². The summed E-state index contributed by atoms with van der Waals surface area (Å²) in [7, 11) is 0. The summed E-state index contributed by atoms with van der Waals surface area (Å²) in [6.07, 6.45) is 4.61. The molecule has 5 nitrogen and oxygen atoms in total. The van der Waals surface area contributed by atoms with Gasteiger partial charge in [0.1, 0.15) is 4.47 Å². The lowest BCUT2D eigenvalue weighted by Gasteiger charge is -2.32. The third-order valence-corrected chi connectivity index (χ3v) is 4.22. The Kier molecular flexibility index (Phi) is 6.87. The number of nitrogens with one attached hydrogen (secondary N) is 1. The predicted molar refractivity (Wildman–Crippen MR) is 91.6 cm³/mol. The second-order valence-electron chi connectivity index (χ2n) is 6.24. The maximum absolute atomic E-state index is 12.3. The molecule has 0 aliphatic heterocycles. The van der Waals surface area contributed by atoms with Gasteiger partial charge in [0.15, 0.2) is 0 Å². The van der Waals surface area contributed by atoms with Gasteiger partial charge in [0.2, 0.25) is 0 Å². The minimum atomic E-state index is -0.250. The normalized spacial score (nSPS) is 14.2. The van der Waals surface area contributed by atoms with Gasteiger partial charge in [0.25, 0.3) is 5.56 Å². The van der Waals surface area contributed by atoms with Gasteiger partial charge >= 0.3 is 0 Å². The second-order valence-corrected chi connectivity index (χ2v) is 7.03. The summed E-state index contributed by atoms with van der Waals surface area (Å²) in [5.41, 5.74) is 6.27. The Balaban J connectivity index is 2.99. The number of hydrogen-bond acceptors (Lipinski definition) is 4. The number of rotatable bonds is 8. The Morgan fingerprint density at radius 3 is 2.71 bits per heavy atom. The molecule has 6 heteroatoms. The molecule has 0 amide bonds. The zero-order chi connectivity index (χ0) is 16.0. The quantitative estimate of drug-likeness (QED) is 0.749. The lowest BCUT2D eigenvalue weighted by molar-refractivity contribution is 0.406. The van der Waals surface area contributed by atoms with Crippen molar-refractivity contribution in [3.8, 4) is 0 Å². The molecule has 1 atom stereocenters. The van der Waals surface area contributed by atoms with Gasteiger partial charge in [-0.25, -0.2) is 4.68 Å². The number of nitrogens with two attached hydrogens (primary N) is 1. The Bertz CT molecular complexity index is 515. The fraction of sp³-hybridized carbons (Fsp3) is 0.733. The number of nitrogens with zero attached hydrogens (tertiary/aromatic N) is 2. The van der Waals surface area contributed by atoms with E-state index in [9.17, 15) is 4.79 Å². The van der Waals surface area contributed by atoms with Crippen molar-refractivity contribution < 1.29 is 0 Å². The van der Waals surface area contributed by atoms with Gasteiger partial charge in [-0.3, -0.25) is 4.79 Å². The number of anilines is 1. The Labute approximate surface area is 135 Å². The molecule has 3 N–H and O–H groups in total. The van der Waals surface area contributed by atoms with E-state index in [1.54, 1.807) is 6.20 Å². The largest absolute Gasteiger partial charge is 0.376 e. The van der Waals surface area contributed by atoms with Crippen LogP contribution in [0.15, 0.2) is 15.5 Å². The average Bonchev–Trinajstić information content (AvgIpc) is 2.42. The standard InChI is InChI=1S/C15H27BrN4O/c1-5-6-7-20-14(21)13(16)12(9-18-20)19-15(4,10-17)8-11(2)3/h9,11,19H,5-8,10,17H2,1-4H3. The SMILES string of the molecule is CCCCn1ncc(NC(C)(CN)CC(C)C)c(Br)c1=O. The number of aryl methyl sites for hydroxylation is 1. The highest BCUT2D eigenvalue weighted by Crippen LogP contribution is 2.25. The molecule has 0 spiro atoms. The van der Waals surface area contributed by atoms with Crippen molar-refractivity contribution in [2.75, 3.05) is 11.9 Å². The molecule has 0 saturated heterocycles. The van der Waals surface area contributed by atoms with E-state index in [4.69, 9.17) is 5.73 Å². The van der Waals surface area contributed by atoms with Gasteiger partial charge in [-0.05, 0) is 41.6 Å². The van der Waals surface area contributed by atoms with Crippen LogP contribution in [-0.4, -0.2) is 21.9 Å². The van der Waals surface area contributed by atoms with Crippen molar-refractivity contribution in [2.45, 2.75) is 59.0 Å². The van der Waals surface area contributed by atoms with E-state index >= 15 is 0 Å². The summed E-state index contributed by atoms with van der Waals surface area (Å²) >= 11 is 3.39. The number of aromatic nitrogens is 2. The molecule has 0 aromatic carbocycles. The van der Waals surface area contributed by atoms with Crippen LogP contribution in [0.2, 0.25) is 0 Å². The first kappa shape index (κ1) is 18.2. The third kappa shape index (κ3) is 5.11. The van der Waals surface area contributed by atoms with E-state index in [0.717, 1.165) is 19.3 Å². The summed E-state index contributed by atoms with van der Waals surface area (Å²) in [5.74, 6) is 0.516. The average molecular weight is 359 g/mol. The highest BCUT2D eigenvalue weighted by Gasteiger charge is 2.25. The molecule has 1 aromatic rings. The van der Waals surface area contributed by atoms with Crippen LogP contribution < -0.4 is 16.6 Å². The first-order valence-electron chi connectivity index (χ1n) is 7.57. The van der Waals surface area contributed by atoms with Crippen LogP contribution in [0.25, 0.3) is 0 Å². The molecule has 0 bridgehead atoms. The minimum Gasteiger partial charge on any atom is -0.376 e. The molecule has 0 radical (unpaired) electrons. The zero-order valence-corrected chi connectivity index (χ0v) is 15.0. The molecule has 1 rings (SSSR count). The lowest BCUT2D eigenvalue weighted by Crippen LogP contribution is -2.44. The highest BCUT2D eigenvalue weighted by atomic mass is 79.9. The van der Waals surface area contributed by atoms with E-state index < -0.39 is 0 Å². The summed E-state index contributed by atoms with van der Waals surface area (Å²) in [6.45, 7) is 9.62. The molecular weight excluding hydrogens is 332 g/mol.